The summed E-state index contributed by atoms with van der Waals surface area (Å²) in [5.41, 5.74) is 5.75. The molecule has 0 aliphatic heterocycles. The number of fused-ring (bicyclic) bond motifs is 1. The number of rotatable bonds is 5. The van der Waals surface area contributed by atoms with Gasteiger partial charge in [0.05, 0.1) is 24.0 Å². The van der Waals surface area contributed by atoms with E-state index in [1.807, 2.05) is 55.5 Å². The molecule has 0 spiro atoms. The van der Waals surface area contributed by atoms with Gasteiger partial charge in [0.25, 0.3) is 0 Å². The summed E-state index contributed by atoms with van der Waals surface area (Å²) in [7, 11) is 0. The van der Waals surface area contributed by atoms with Gasteiger partial charge in [-0.1, -0.05) is 11.6 Å². The van der Waals surface area contributed by atoms with Crippen molar-refractivity contribution in [2.75, 3.05) is 12.0 Å². The van der Waals surface area contributed by atoms with Crippen molar-refractivity contribution in [3.8, 4) is 5.75 Å². The van der Waals surface area contributed by atoms with E-state index in [0.29, 0.717) is 11.6 Å². The number of anilines is 1. The molecular formula is C18H16ClN3O. The highest BCUT2D eigenvalue weighted by molar-refractivity contribution is 6.31. The highest BCUT2D eigenvalue weighted by Crippen LogP contribution is 2.24. The zero-order valence-corrected chi connectivity index (χ0v) is 13.4. The number of hydrogen-bond acceptors (Lipinski definition) is 4. The summed E-state index contributed by atoms with van der Waals surface area (Å²) < 4.78 is 5.41. The molecule has 0 bridgehead atoms. The van der Waals surface area contributed by atoms with Crippen LogP contribution in [-0.2, 0) is 0 Å². The number of benzene rings is 2. The van der Waals surface area contributed by atoms with Gasteiger partial charge < -0.3 is 4.74 Å². The van der Waals surface area contributed by atoms with Crippen molar-refractivity contribution >= 4 is 34.4 Å². The van der Waals surface area contributed by atoms with E-state index >= 15 is 0 Å². The molecule has 0 saturated carbocycles. The maximum atomic E-state index is 5.99. The first kappa shape index (κ1) is 15.3. The zero-order valence-electron chi connectivity index (χ0n) is 12.7. The summed E-state index contributed by atoms with van der Waals surface area (Å²) in [6.45, 7) is 2.62. The number of nitrogens with one attached hydrogen (secondary N) is 1. The molecule has 0 radical (unpaired) electrons. The van der Waals surface area contributed by atoms with Crippen molar-refractivity contribution in [1.82, 2.24) is 4.98 Å². The minimum absolute atomic E-state index is 0.661. The van der Waals surface area contributed by atoms with E-state index in [4.69, 9.17) is 16.3 Å². The molecule has 0 unspecified atom stereocenters. The van der Waals surface area contributed by atoms with Crippen molar-refractivity contribution in [2.45, 2.75) is 6.92 Å². The highest BCUT2D eigenvalue weighted by Gasteiger charge is 2.01. The smallest absolute Gasteiger partial charge is 0.119 e. The van der Waals surface area contributed by atoms with Gasteiger partial charge in [0, 0.05) is 16.6 Å². The number of hydrogen-bond donors (Lipinski definition) is 1. The molecule has 1 N–H and O–H groups in total. The van der Waals surface area contributed by atoms with Crippen molar-refractivity contribution in [3.63, 3.8) is 0 Å². The summed E-state index contributed by atoms with van der Waals surface area (Å²) >= 11 is 5.99. The van der Waals surface area contributed by atoms with E-state index in [0.717, 1.165) is 27.9 Å². The van der Waals surface area contributed by atoms with Crippen molar-refractivity contribution in [2.24, 2.45) is 5.10 Å². The van der Waals surface area contributed by atoms with Crippen LogP contribution in [0.2, 0.25) is 5.02 Å². The molecule has 2 aromatic carbocycles. The molecule has 5 heteroatoms. The first-order valence-corrected chi connectivity index (χ1v) is 7.70. The van der Waals surface area contributed by atoms with Crippen LogP contribution in [0.25, 0.3) is 10.9 Å². The first-order valence-electron chi connectivity index (χ1n) is 7.32. The van der Waals surface area contributed by atoms with Crippen molar-refractivity contribution < 1.29 is 4.74 Å². The number of nitrogens with zero attached hydrogens (tertiary/aromatic N) is 2. The molecule has 23 heavy (non-hydrogen) atoms. The van der Waals surface area contributed by atoms with Gasteiger partial charge in [-0.15, -0.1) is 0 Å². The van der Waals surface area contributed by atoms with Crippen LogP contribution >= 0.6 is 11.6 Å². The van der Waals surface area contributed by atoms with E-state index in [1.54, 1.807) is 12.4 Å². The van der Waals surface area contributed by atoms with Gasteiger partial charge in [-0.25, -0.2) is 0 Å². The summed E-state index contributed by atoms with van der Waals surface area (Å²) in [6.07, 6.45) is 3.49. The van der Waals surface area contributed by atoms with E-state index < -0.39 is 0 Å². The van der Waals surface area contributed by atoms with Gasteiger partial charge in [0.1, 0.15) is 5.75 Å². The Kier molecular flexibility index (Phi) is 4.74. The SMILES string of the molecule is CCOc1ccc(C=NNc2ccnc3cc(Cl)ccc23)cc1. The maximum Gasteiger partial charge on any atom is 0.119 e. The number of ether oxygens (including phenoxy) is 1. The van der Waals surface area contributed by atoms with Gasteiger partial charge in [-0.3, -0.25) is 10.4 Å². The molecule has 0 saturated heterocycles. The summed E-state index contributed by atoms with van der Waals surface area (Å²) in [4.78, 5) is 4.31. The Labute approximate surface area is 139 Å². The minimum Gasteiger partial charge on any atom is -0.494 e. The Morgan fingerprint density at radius 3 is 2.78 bits per heavy atom. The van der Waals surface area contributed by atoms with E-state index in [2.05, 4.69) is 15.5 Å². The molecule has 1 heterocycles. The zero-order chi connectivity index (χ0) is 16.1. The molecule has 116 valence electrons. The van der Waals surface area contributed by atoms with Crippen LogP contribution < -0.4 is 10.2 Å². The Morgan fingerprint density at radius 2 is 2.00 bits per heavy atom. The average Bonchev–Trinajstić information content (AvgIpc) is 2.56. The molecule has 0 amide bonds. The highest BCUT2D eigenvalue weighted by atomic mass is 35.5. The quantitative estimate of drug-likeness (QED) is 0.544. The first-order chi connectivity index (χ1) is 11.3. The van der Waals surface area contributed by atoms with E-state index in [1.165, 1.54) is 0 Å². The maximum absolute atomic E-state index is 5.99. The lowest BCUT2D eigenvalue weighted by atomic mass is 10.2. The number of hydrazone groups is 1. The van der Waals surface area contributed by atoms with E-state index in [-0.39, 0.29) is 0 Å². The largest absolute Gasteiger partial charge is 0.494 e. The number of aromatic nitrogens is 1. The van der Waals surface area contributed by atoms with Gasteiger partial charge in [-0.2, -0.15) is 5.10 Å². The molecular weight excluding hydrogens is 310 g/mol. The minimum atomic E-state index is 0.661. The third kappa shape index (κ3) is 3.79. The Bertz CT molecular complexity index is 831. The van der Waals surface area contributed by atoms with Crippen LogP contribution in [0.15, 0.2) is 59.8 Å². The monoisotopic (exact) mass is 325 g/mol. The third-order valence-corrected chi connectivity index (χ3v) is 3.53. The summed E-state index contributed by atoms with van der Waals surface area (Å²) in [5.74, 6) is 0.856. The van der Waals surface area contributed by atoms with Gasteiger partial charge in [0.15, 0.2) is 0 Å². The van der Waals surface area contributed by atoms with Crippen molar-refractivity contribution in [1.29, 1.82) is 0 Å². The molecule has 1 aromatic heterocycles. The molecule has 0 aliphatic rings. The second kappa shape index (κ2) is 7.11. The topological polar surface area (TPSA) is 46.5 Å². The van der Waals surface area contributed by atoms with Crippen LogP contribution in [0.4, 0.5) is 5.69 Å². The fourth-order valence-corrected chi connectivity index (χ4v) is 2.38. The van der Waals surface area contributed by atoms with Crippen LogP contribution in [0.1, 0.15) is 12.5 Å². The predicted octanol–water partition coefficient (Wildman–Crippen LogP) is 4.73. The number of halogens is 1. The fourth-order valence-electron chi connectivity index (χ4n) is 2.21. The molecule has 0 fully saturated rings. The van der Waals surface area contributed by atoms with Gasteiger partial charge in [-0.05, 0) is 61.0 Å². The van der Waals surface area contributed by atoms with Crippen LogP contribution in [-0.4, -0.2) is 17.8 Å². The summed E-state index contributed by atoms with van der Waals surface area (Å²) in [6, 6.07) is 15.3. The molecule has 0 atom stereocenters. The second-order valence-corrected chi connectivity index (χ2v) is 5.33. The van der Waals surface area contributed by atoms with Gasteiger partial charge in [0.2, 0.25) is 0 Å². The van der Waals surface area contributed by atoms with Gasteiger partial charge >= 0.3 is 0 Å². The van der Waals surface area contributed by atoms with Crippen molar-refractivity contribution in [3.05, 3.63) is 65.3 Å². The van der Waals surface area contributed by atoms with E-state index in [9.17, 15) is 0 Å². The van der Waals surface area contributed by atoms with Crippen LogP contribution in [0.3, 0.4) is 0 Å². The molecule has 3 aromatic rings. The Morgan fingerprint density at radius 1 is 1.17 bits per heavy atom. The Balaban J connectivity index is 1.75. The molecule has 0 aliphatic carbocycles. The predicted molar refractivity (Wildman–Crippen MR) is 95.6 cm³/mol. The Hall–Kier alpha value is -2.59. The normalized spacial score (nSPS) is 11.0. The lowest BCUT2D eigenvalue weighted by Gasteiger charge is -2.05. The second-order valence-electron chi connectivity index (χ2n) is 4.89. The van der Waals surface area contributed by atoms with Crippen LogP contribution in [0, 0.1) is 0 Å². The lowest BCUT2D eigenvalue weighted by molar-refractivity contribution is 0.340. The number of pyridine rings is 1. The lowest BCUT2D eigenvalue weighted by Crippen LogP contribution is -1.94. The van der Waals surface area contributed by atoms with Crippen LogP contribution in [0.5, 0.6) is 5.75 Å². The fraction of sp³-hybridized carbons (Fsp3) is 0.111. The summed E-state index contributed by atoms with van der Waals surface area (Å²) in [5, 5.41) is 5.92. The molecule has 3 rings (SSSR count). The molecule has 4 nitrogen and oxygen atoms in total. The average molecular weight is 326 g/mol. The third-order valence-electron chi connectivity index (χ3n) is 3.29. The standard InChI is InChI=1S/C18H16ClN3O/c1-2-23-15-6-3-13(4-7-15)12-21-22-17-9-10-20-18-11-14(19)5-8-16(17)18/h3-12H,2H2,1H3,(H,20,22).